The number of piperidine rings is 1. The molecular weight excluding hydrogens is 466 g/mol. The molecule has 5 rings (SSSR count). The molecule has 2 aromatic heterocycles. The van der Waals surface area contributed by atoms with E-state index >= 15 is 0 Å². The molecule has 0 saturated carbocycles. The number of rotatable bonds is 4. The molecule has 1 fully saturated rings. The highest BCUT2D eigenvalue weighted by molar-refractivity contribution is 5.95. The number of nitrogens with zero attached hydrogens (tertiary/aromatic N) is 5. The van der Waals surface area contributed by atoms with E-state index in [1.54, 1.807) is 17.3 Å². The lowest BCUT2D eigenvalue weighted by molar-refractivity contribution is 0.0169. The van der Waals surface area contributed by atoms with Gasteiger partial charge < -0.3 is 14.4 Å². The van der Waals surface area contributed by atoms with Gasteiger partial charge in [-0.3, -0.25) is 9.67 Å². The number of hydrogen-bond acceptors (Lipinski definition) is 6. The molecule has 188 valence electrons. The molecular formula is C29H29N5O3. The van der Waals surface area contributed by atoms with Crippen molar-refractivity contribution in [1.29, 1.82) is 5.26 Å². The van der Waals surface area contributed by atoms with Crippen LogP contribution >= 0.6 is 0 Å². The number of fused-ring (bicyclic) bond motifs is 1. The van der Waals surface area contributed by atoms with E-state index in [-0.39, 0.29) is 12.1 Å². The second kappa shape index (κ2) is 9.94. The Morgan fingerprint density at radius 3 is 2.49 bits per heavy atom. The van der Waals surface area contributed by atoms with Gasteiger partial charge in [0.25, 0.3) is 0 Å². The summed E-state index contributed by atoms with van der Waals surface area (Å²) in [5.41, 5.74) is 2.25. The summed E-state index contributed by atoms with van der Waals surface area (Å²) in [6.07, 6.45) is 4.64. The Kier molecular flexibility index (Phi) is 6.53. The Bertz CT molecular complexity index is 1450. The predicted octanol–water partition coefficient (Wildman–Crippen LogP) is 6.33. The van der Waals surface area contributed by atoms with E-state index in [1.165, 1.54) is 0 Å². The van der Waals surface area contributed by atoms with E-state index in [2.05, 4.69) is 11.1 Å². The largest absolute Gasteiger partial charge is 0.457 e. The minimum absolute atomic E-state index is 0.0901. The van der Waals surface area contributed by atoms with Crippen molar-refractivity contribution in [2.24, 2.45) is 0 Å². The second-order valence-electron chi connectivity index (χ2n) is 10.2. The first-order valence-electron chi connectivity index (χ1n) is 12.4. The zero-order valence-electron chi connectivity index (χ0n) is 21.2. The Morgan fingerprint density at radius 1 is 1.05 bits per heavy atom. The van der Waals surface area contributed by atoms with Gasteiger partial charge in [0.15, 0.2) is 0 Å². The number of carbonyl (C=O) groups is 1. The van der Waals surface area contributed by atoms with Crippen LogP contribution in [0.3, 0.4) is 0 Å². The lowest BCUT2D eigenvalue weighted by atomic mass is 10.0. The van der Waals surface area contributed by atoms with E-state index < -0.39 is 5.60 Å². The third-order valence-electron chi connectivity index (χ3n) is 6.23. The maximum absolute atomic E-state index is 12.8. The summed E-state index contributed by atoms with van der Waals surface area (Å²) in [5, 5.41) is 15.6. The molecule has 0 N–H and O–H groups in total. The molecule has 0 aliphatic carbocycles. The topological polar surface area (TPSA) is 93.3 Å². The molecule has 0 unspecified atom stereocenters. The monoisotopic (exact) mass is 495 g/mol. The molecule has 1 aliphatic heterocycles. The summed E-state index contributed by atoms with van der Waals surface area (Å²) < 4.78 is 13.4. The normalized spacial score (nSPS) is 15.8. The third-order valence-corrected chi connectivity index (χ3v) is 6.23. The van der Waals surface area contributed by atoms with Gasteiger partial charge >= 0.3 is 6.09 Å². The van der Waals surface area contributed by atoms with Crippen molar-refractivity contribution >= 4 is 17.0 Å². The number of para-hydroxylation sites is 1. The Morgan fingerprint density at radius 2 is 1.78 bits per heavy atom. The van der Waals surface area contributed by atoms with Crippen molar-refractivity contribution in [2.45, 2.75) is 45.3 Å². The predicted molar refractivity (Wildman–Crippen MR) is 140 cm³/mol. The van der Waals surface area contributed by atoms with Crippen LogP contribution in [-0.2, 0) is 4.74 Å². The highest BCUT2D eigenvalue weighted by atomic mass is 16.6. The van der Waals surface area contributed by atoms with Gasteiger partial charge in [-0.1, -0.05) is 18.2 Å². The van der Waals surface area contributed by atoms with Gasteiger partial charge in [-0.15, -0.1) is 0 Å². The number of ether oxygens (including phenoxy) is 2. The smallest absolute Gasteiger partial charge is 0.410 e. The molecule has 2 aromatic carbocycles. The molecule has 0 radical (unpaired) electrons. The Hall–Kier alpha value is -4.38. The number of likely N-dealkylation sites (tertiary alicyclic amines) is 1. The van der Waals surface area contributed by atoms with Crippen LogP contribution in [0.2, 0.25) is 0 Å². The highest BCUT2D eigenvalue weighted by Gasteiger charge is 2.31. The van der Waals surface area contributed by atoms with Crippen LogP contribution in [0.1, 0.15) is 45.2 Å². The average Bonchev–Trinajstić information content (AvgIpc) is 3.29. The molecule has 8 heteroatoms. The Balaban J connectivity index is 1.48. The standard InChI is InChI=1S/C29H29N5O3/c1-29(2,3)37-28(35)33-15-7-8-22(19-33)34-27-21(16-30)17-31-18-25(27)26(32-34)20-11-13-24(14-12-20)36-23-9-5-4-6-10-23/h4-6,9-14,17-18,22H,7-8,15,19H2,1-3H3/t22-/m1/s1. The van der Waals surface area contributed by atoms with Crippen LogP contribution in [0.4, 0.5) is 4.79 Å². The maximum atomic E-state index is 12.8. The van der Waals surface area contributed by atoms with Crippen molar-refractivity contribution in [3.05, 3.63) is 72.6 Å². The summed E-state index contributed by atoms with van der Waals surface area (Å²) >= 11 is 0. The van der Waals surface area contributed by atoms with Crippen molar-refractivity contribution in [3.8, 4) is 28.8 Å². The van der Waals surface area contributed by atoms with Crippen LogP contribution in [0.15, 0.2) is 67.0 Å². The van der Waals surface area contributed by atoms with Gasteiger partial charge in [0, 0.05) is 36.4 Å². The molecule has 3 heterocycles. The number of benzene rings is 2. The molecule has 1 aliphatic rings. The molecule has 1 saturated heterocycles. The van der Waals surface area contributed by atoms with E-state index in [4.69, 9.17) is 14.6 Å². The van der Waals surface area contributed by atoms with Crippen LogP contribution in [0, 0.1) is 11.3 Å². The van der Waals surface area contributed by atoms with Crippen molar-refractivity contribution in [3.63, 3.8) is 0 Å². The van der Waals surface area contributed by atoms with Gasteiger partial charge in [-0.2, -0.15) is 10.4 Å². The molecule has 4 aromatic rings. The molecule has 8 nitrogen and oxygen atoms in total. The number of nitriles is 1. The second-order valence-corrected chi connectivity index (χ2v) is 10.2. The van der Waals surface area contributed by atoms with Gasteiger partial charge in [0.05, 0.1) is 17.1 Å². The van der Waals surface area contributed by atoms with E-state index in [1.807, 2.05) is 80.1 Å². The molecule has 1 amide bonds. The number of amides is 1. The number of hydrogen-bond donors (Lipinski definition) is 0. The van der Waals surface area contributed by atoms with E-state index in [9.17, 15) is 10.1 Å². The van der Waals surface area contributed by atoms with Crippen molar-refractivity contribution in [1.82, 2.24) is 19.7 Å². The van der Waals surface area contributed by atoms with Gasteiger partial charge in [0.1, 0.15) is 28.9 Å². The minimum atomic E-state index is -0.564. The lowest BCUT2D eigenvalue weighted by Crippen LogP contribution is -2.43. The van der Waals surface area contributed by atoms with E-state index in [0.717, 1.165) is 46.5 Å². The molecule has 1 atom stereocenters. The first kappa shape index (κ1) is 24.3. The molecule has 37 heavy (non-hydrogen) atoms. The van der Waals surface area contributed by atoms with Crippen LogP contribution in [0.5, 0.6) is 11.5 Å². The zero-order valence-corrected chi connectivity index (χ0v) is 21.2. The first-order chi connectivity index (χ1) is 17.8. The summed E-state index contributed by atoms with van der Waals surface area (Å²) in [6.45, 7) is 6.68. The first-order valence-corrected chi connectivity index (χ1v) is 12.4. The number of aromatic nitrogens is 3. The molecule has 0 spiro atoms. The van der Waals surface area contributed by atoms with Crippen LogP contribution in [0.25, 0.3) is 22.2 Å². The fourth-order valence-corrected chi connectivity index (χ4v) is 4.60. The fraction of sp³-hybridized carbons (Fsp3) is 0.310. The summed E-state index contributed by atoms with van der Waals surface area (Å²) in [7, 11) is 0. The van der Waals surface area contributed by atoms with Crippen molar-refractivity contribution < 1.29 is 14.3 Å². The SMILES string of the molecule is CC(C)(C)OC(=O)N1CCC[C@@H](n2nc(-c3ccc(Oc4ccccc4)cc3)c3cncc(C#N)c32)C1. The highest BCUT2D eigenvalue weighted by Crippen LogP contribution is 2.35. The fourth-order valence-electron chi connectivity index (χ4n) is 4.60. The Labute approximate surface area is 216 Å². The van der Waals surface area contributed by atoms with Gasteiger partial charge in [-0.05, 0) is 70.0 Å². The van der Waals surface area contributed by atoms with Gasteiger partial charge in [0.2, 0.25) is 0 Å². The number of carbonyl (C=O) groups excluding carboxylic acids is 1. The zero-order chi connectivity index (χ0) is 26.0. The summed E-state index contributed by atoms with van der Waals surface area (Å²) in [4.78, 5) is 18.8. The lowest BCUT2D eigenvalue weighted by Gasteiger charge is -2.34. The maximum Gasteiger partial charge on any atom is 0.410 e. The quantitative estimate of drug-likeness (QED) is 0.328. The van der Waals surface area contributed by atoms with Crippen LogP contribution in [-0.4, -0.2) is 44.4 Å². The minimum Gasteiger partial charge on any atom is -0.457 e. The van der Waals surface area contributed by atoms with E-state index in [0.29, 0.717) is 18.7 Å². The summed E-state index contributed by atoms with van der Waals surface area (Å²) in [5.74, 6) is 1.48. The number of pyridine rings is 1. The summed E-state index contributed by atoms with van der Waals surface area (Å²) in [6, 6.07) is 19.5. The van der Waals surface area contributed by atoms with Gasteiger partial charge in [-0.25, -0.2) is 4.79 Å². The molecule has 0 bridgehead atoms. The van der Waals surface area contributed by atoms with Crippen LogP contribution < -0.4 is 4.74 Å². The average molecular weight is 496 g/mol. The van der Waals surface area contributed by atoms with Crippen molar-refractivity contribution in [2.75, 3.05) is 13.1 Å². The third kappa shape index (κ3) is 5.26.